The van der Waals surface area contributed by atoms with Crippen LogP contribution in [0.1, 0.15) is 24.5 Å². The van der Waals surface area contributed by atoms with Crippen LogP contribution in [-0.4, -0.2) is 17.5 Å². The molecule has 3 aromatic rings. The fourth-order valence-corrected chi connectivity index (χ4v) is 2.94. The molecule has 0 fully saturated rings. The Morgan fingerprint density at radius 2 is 1.43 bits per heavy atom. The molecule has 0 unspecified atom stereocenters. The Bertz CT molecular complexity index is 1020. The van der Waals surface area contributed by atoms with Gasteiger partial charge in [-0.15, -0.1) is 0 Å². The van der Waals surface area contributed by atoms with E-state index in [0.717, 1.165) is 27.9 Å². The number of carbonyl (C=O) groups is 2. The Kier molecular flexibility index (Phi) is 7.11. The monoisotopic (exact) mass is 399 g/mol. The van der Waals surface area contributed by atoms with Crippen molar-refractivity contribution in [2.45, 2.75) is 26.7 Å². The molecule has 0 radical (unpaired) electrons. The Morgan fingerprint density at radius 1 is 0.800 bits per heavy atom. The van der Waals surface area contributed by atoms with Crippen LogP contribution in [0.15, 0.2) is 84.0 Å². The summed E-state index contributed by atoms with van der Waals surface area (Å²) in [4.78, 5) is 24.2. The third-order valence-electron chi connectivity index (χ3n) is 4.55. The minimum absolute atomic E-state index is 0.111. The maximum Gasteiger partial charge on any atom is 0.244 e. The summed E-state index contributed by atoms with van der Waals surface area (Å²) in [6, 6.07) is 25.5. The average molecular weight is 399 g/mol. The predicted molar refractivity (Wildman–Crippen MR) is 121 cm³/mol. The zero-order valence-corrected chi connectivity index (χ0v) is 17.2. The summed E-state index contributed by atoms with van der Waals surface area (Å²) < 4.78 is 0. The van der Waals surface area contributed by atoms with Gasteiger partial charge in [0.25, 0.3) is 0 Å². The van der Waals surface area contributed by atoms with Gasteiger partial charge >= 0.3 is 0 Å². The summed E-state index contributed by atoms with van der Waals surface area (Å²) in [7, 11) is 0. The van der Waals surface area contributed by atoms with Crippen LogP contribution >= 0.6 is 0 Å². The lowest BCUT2D eigenvalue weighted by Crippen LogP contribution is -2.22. The molecule has 5 heteroatoms. The topological polar surface area (TPSA) is 70.6 Å². The number of aryl methyl sites for hydroxylation is 1. The van der Waals surface area contributed by atoms with Crippen molar-refractivity contribution in [2.75, 3.05) is 5.32 Å². The van der Waals surface area contributed by atoms with E-state index in [9.17, 15) is 9.59 Å². The van der Waals surface area contributed by atoms with Crippen LogP contribution in [0.5, 0.6) is 0 Å². The van der Waals surface area contributed by atoms with Crippen molar-refractivity contribution in [1.29, 1.82) is 0 Å². The van der Waals surface area contributed by atoms with Crippen molar-refractivity contribution in [1.82, 2.24) is 5.43 Å². The van der Waals surface area contributed by atoms with Gasteiger partial charge in [-0.25, -0.2) is 5.43 Å². The second-order valence-corrected chi connectivity index (χ2v) is 7.21. The number of benzene rings is 3. The summed E-state index contributed by atoms with van der Waals surface area (Å²) >= 11 is 0. The number of hydrazone groups is 1. The van der Waals surface area contributed by atoms with E-state index in [4.69, 9.17) is 0 Å². The Labute approximate surface area is 176 Å². The largest absolute Gasteiger partial charge is 0.326 e. The fraction of sp³-hybridized carbons (Fsp3) is 0.160. The van der Waals surface area contributed by atoms with E-state index in [1.165, 1.54) is 0 Å². The molecule has 0 atom stereocenters. The van der Waals surface area contributed by atoms with Crippen LogP contribution in [-0.2, 0) is 16.0 Å². The average Bonchev–Trinajstić information content (AvgIpc) is 2.75. The van der Waals surface area contributed by atoms with E-state index in [0.29, 0.717) is 5.71 Å². The van der Waals surface area contributed by atoms with Crippen LogP contribution in [0.25, 0.3) is 11.1 Å². The quantitative estimate of drug-likeness (QED) is 0.446. The number of nitrogens with one attached hydrogen (secondary N) is 2. The molecule has 2 N–H and O–H groups in total. The molecule has 5 nitrogen and oxygen atoms in total. The number of nitrogens with zero attached hydrogens (tertiary/aromatic N) is 1. The molecule has 2 amide bonds. The number of hydrogen-bond donors (Lipinski definition) is 2. The van der Waals surface area contributed by atoms with E-state index in [1.54, 1.807) is 6.92 Å². The first-order valence-electron chi connectivity index (χ1n) is 9.82. The number of hydrogen-bond acceptors (Lipinski definition) is 3. The van der Waals surface area contributed by atoms with Gasteiger partial charge in [0, 0.05) is 11.4 Å². The molecule has 0 aliphatic carbocycles. The second kappa shape index (κ2) is 10.2. The third-order valence-corrected chi connectivity index (χ3v) is 4.55. The molecule has 0 bridgehead atoms. The van der Waals surface area contributed by atoms with Crippen molar-refractivity contribution in [3.8, 4) is 11.1 Å². The SMILES string of the molecule is C/C(CC(=O)Nc1ccc(C)cc1)=N/NC(=O)Cc1ccc(-c2ccccc2)cc1. The van der Waals surface area contributed by atoms with Gasteiger partial charge in [-0.1, -0.05) is 72.3 Å². The van der Waals surface area contributed by atoms with E-state index < -0.39 is 0 Å². The van der Waals surface area contributed by atoms with Crippen molar-refractivity contribution >= 4 is 23.2 Å². The molecule has 0 aliphatic rings. The molecule has 0 heterocycles. The Balaban J connectivity index is 1.47. The summed E-state index contributed by atoms with van der Waals surface area (Å²) in [5.74, 6) is -0.397. The fourth-order valence-electron chi connectivity index (χ4n) is 2.94. The lowest BCUT2D eigenvalue weighted by atomic mass is 10.0. The minimum Gasteiger partial charge on any atom is -0.326 e. The van der Waals surface area contributed by atoms with Gasteiger partial charge in [-0.3, -0.25) is 9.59 Å². The van der Waals surface area contributed by atoms with Gasteiger partial charge in [-0.2, -0.15) is 5.10 Å². The van der Waals surface area contributed by atoms with Gasteiger partial charge in [0.05, 0.1) is 12.8 Å². The third kappa shape index (κ3) is 6.41. The van der Waals surface area contributed by atoms with Gasteiger partial charge in [0.15, 0.2) is 0 Å². The van der Waals surface area contributed by atoms with Crippen LogP contribution in [0.4, 0.5) is 5.69 Å². The smallest absolute Gasteiger partial charge is 0.244 e. The standard InChI is InChI=1S/C25H25N3O2/c1-18-8-14-23(15-9-18)26-24(29)16-19(2)27-28-25(30)17-20-10-12-22(13-11-20)21-6-4-3-5-7-21/h3-15H,16-17H2,1-2H3,(H,26,29)(H,28,30)/b27-19-. The van der Waals surface area contributed by atoms with Crippen LogP contribution in [0, 0.1) is 6.92 Å². The molecule has 30 heavy (non-hydrogen) atoms. The number of anilines is 1. The molecule has 3 aromatic carbocycles. The normalized spacial score (nSPS) is 11.1. The lowest BCUT2D eigenvalue weighted by Gasteiger charge is -2.06. The maximum absolute atomic E-state index is 12.2. The van der Waals surface area contributed by atoms with Crippen LogP contribution in [0.2, 0.25) is 0 Å². The highest BCUT2D eigenvalue weighted by atomic mass is 16.2. The number of rotatable bonds is 7. The first-order chi connectivity index (χ1) is 14.5. The van der Waals surface area contributed by atoms with E-state index >= 15 is 0 Å². The molecule has 152 valence electrons. The van der Waals surface area contributed by atoms with Crippen molar-refractivity contribution < 1.29 is 9.59 Å². The minimum atomic E-state index is -0.222. The molecular weight excluding hydrogens is 374 g/mol. The number of amides is 2. The zero-order valence-electron chi connectivity index (χ0n) is 17.2. The van der Waals surface area contributed by atoms with E-state index in [1.807, 2.05) is 85.8 Å². The lowest BCUT2D eigenvalue weighted by molar-refractivity contribution is -0.120. The zero-order chi connectivity index (χ0) is 21.3. The van der Waals surface area contributed by atoms with Gasteiger partial charge < -0.3 is 5.32 Å². The highest BCUT2D eigenvalue weighted by molar-refractivity contribution is 6.05. The number of carbonyl (C=O) groups excluding carboxylic acids is 2. The molecule has 0 spiro atoms. The molecule has 0 saturated carbocycles. The van der Waals surface area contributed by atoms with E-state index in [-0.39, 0.29) is 24.7 Å². The van der Waals surface area contributed by atoms with Crippen molar-refractivity contribution in [3.05, 3.63) is 90.0 Å². The van der Waals surface area contributed by atoms with Crippen molar-refractivity contribution in [3.63, 3.8) is 0 Å². The van der Waals surface area contributed by atoms with Gasteiger partial charge in [-0.05, 0) is 42.7 Å². The van der Waals surface area contributed by atoms with Gasteiger partial charge in [0.1, 0.15) is 0 Å². The summed E-state index contributed by atoms with van der Waals surface area (Å²) in [5, 5.41) is 6.85. The van der Waals surface area contributed by atoms with Crippen molar-refractivity contribution in [2.24, 2.45) is 5.10 Å². The first-order valence-corrected chi connectivity index (χ1v) is 9.82. The maximum atomic E-state index is 12.2. The van der Waals surface area contributed by atoms with Gasteiger partial charge in [0.2, 0.25) is 11.8 Å². The second-order valence-electron chi connectivity index (χ2n) is 7.21. The molecule has 0 aromatic heterocycles. The summed E-state index contributed by atoms with van der Waals surface area (Å²) in [5.41, 5.74) is 8.06. The Hall–Kier alpha value is -3.73. The molecular formula is C25H25N3O2. The molecule has 0 aliphatic heterocycles. The Morgan fingerprint density at radius 3 is 2.10 bits per heavy atom. The first kappa shape index (κ1) is 21.0. The van der Waals surface area contributed by atoms with Crippen LogP contribution in [0.3, 0.4) is 0 Å². The molecule has 3 rings (SSSR count). The highest BCUT2D eigenvalue weighted by Crippen LogP contribution is 2.19. The summed E-state index contributed by atoms with van der Waals surface area (Å²) in [6.07, 6.45) is 0.335. The molecule has 0 saturated heterocycles. The predicted octanol–water partition coefficient (Wildman–Crippen LogP) is 4.73. The van der Waals surface area contributed by atoms with E-state index in [2.05, 4.69) is 15.8 Å². The summed E-state index contributed by atoms with van der Waals surface area (Å²) in [6.45, 7) is 3.70. The highest BCUT2D eigenvalue weighted by Gasteiger charge is 2.07. The van der Waals surface area contributed by atoms with Crippen LogP contribution < -0.4 is 10.7 Å².